The van der Waals surface area contributed by atoms with Crippen LogP contribution in [-0.4, -0.2) is 26.8 Å². The summed E-state index contributed by atoms with van der Waals surface area (Å²) in [6.45, 7) is 4.84. The van der Waals surface area contributed by atoms with Gasteiger partial charge in [0.1, 0.15) is 0 Å². The first-order chi connectivity index (χ1) is 9.48. The highest BCUT2D eigenvalue weighted by atomic mass is 32.2. The number of rotatable bonds is 8. The number of nitrogens with one attached hydrogen (secondary N) is 2. The molecule has 0 bridgehead atoms. The van der Waals surface area contributed by atoms with E-state index in [1.807, 2.05) is 32.0 Å². The van der Waals surface area contributed by atoms with Gasteiger partial charge in [0.25, 0.3) is 0 Å². The number of unbranched alkanes of at least 4 members (excludes halogenated alkanes) is 1. The molecule has 2 N–H and O–H groups in total. The first-order valence-electron chi connectivity index (χ1n) is 7.28. The predicted octanol–water partition coefficient (Wildman–Crippen LogP) is 2.58. The fourth-order valence-corrected chi connectivity index (χ4v) is 3.33. The molecule has 1 aliphatic carbocycles. The Labute approximate surface area is 122 Å². The normalized spacial score (nSPS) is 15.3. The van der Waals surface area contributed by atoms with E-state index in [4.69, 9.17) is 0 Å². The third kappa shape index (κ3) is 4.80. The van der Waals surface area contributed by atoms with Crippen molar-refractivity contribution in [1.29, 1.82) is 0 Å². The SMILES string of the molecule is Cc1cccc(NS(=O)(=O)CCCCNC2CC2)c1C. The van der Waals surface area contributed by atoms with Gasteiger partial charge in [-0.15, -0.1) is 0 Å². The molecular weight excluding hydrogens is 272 g/mol. The number of hydrogen-bond donors (Lipinski definition) is 2. The number of hydrogen-bond acceptors (Lipinski definition) is 3. The molecule has 0 aromatic heterocycles. The molecule has 1 fully saturated rings. The molecular formula is C15H24N2O2S. The van der Waals surface area contributed by atoms with Crippen LogP contribution in [0.1, 0.15) is 36.8 Å². The lowest BCUT2D eigenvalue weighted by molar-refractivity contribution is 0.591. The molecule has 0 radical (unpaired) electrons. The average molecular weight is 296 g/mol. The van der Waals surface area contributed by atoms with E-state index in [2.05, 4.69) is 10.0 Å². The van der Waals surface area contributed by atoms with Crippen LogP contribution in [0.2, 0.25) is 0 Å². The monoisotopic (exact) mass is 296 g/mol. The van der Waals surface area contributed by atoms with Crippen molar-refractivity contribution < 1.29 is 8.42 Å². The molecule has 0 spiro atoms. The van der Waals surface area contributed by atoms with Crippen molar-refractivity contribution in [3.8, 4) is 0 Å². The molecule has 1 aromatic carbocycles. The van der Waals surface area contributed by atoms with E-state index in [1.165, 1.54) is 12.8 Å². The minimum atomic E-state index is -3.24. The van der Waals surface area contributed by atoms with Crippen molar-refractivity contribution in [2.24, 2.45) is 0 Å². The van der Waals surface area contributed by atoms with Crippen LogP contribution in [0.3, 0.4) is 0 Å². The summed E-state index contributed by atoms with van der Waals surface area (Å²) in [6.07, 6.45) is 4.14. The summed E-state index contributed by atoms with van der Waals surface area (Å²) in [5.41, 5.74) is 2.78. The highest BCUT2D eigenvalue weighted by Gasteiger charge is 2.19. The maximum absolute atomic E-state index is 12.0. The minimum absolute atomic E-state index is 0.187. The van der Waals surface area contributed by atoms with Gasteiger partial charge in [0.05, 0.1) is 11.4 Å². The van der Waals surface area contributed by atoms with Crippen molar-refractivity contribution in [3.63, 3.8) is 0 Å². The fraction of sp³-hybridized carbons (Fsp3) is 0.600. The van der Waals surface area contributed by atoms with E-state index in [-0.39, 0.29) is 5.75 Å². The van der Waals surface area contributed by atoms with Crippen molar-refractivity contribution in [2.75, 3.05) is 17.0 Å². The lowest BCUT2D eigenvalue weighted by atomic mass is 10.1. The van der Waals surface area contributed by atoms with E-state index in [0.717, 1.165) is 24.1 Å². The van der Waals surface area contributed by atoms with Crippen molar-refractivity contribution in [1.82, 2.24) is 5.32 Å². The molecule has 1 saturated carbocycles. The second kappa shape index (κ2) is 6.59. The molecule has 0 heterocycles. The Bertz CT molecular complexity index is 551. The summed E-state index contributed by atoms with van der Waals surface area (Å²) >= 11 is 0. The summed E-state index contributed by atoms with van der Waals surface area (Å²) in [4.78, 5) is 0. The zero-order chi connectivity index (χ0) is 14.6. The molecule has 1 aromatic rings. The largest absolute Gasteiger partial charge is 0.314 e. The maximum Gasteiger partial charge on any atom is 0.232 e. The van der Waals surface area contributed by atoms with Crippen molar-refractivity contribution >= 4 is 15.7 Å². The summed E-state index contributed by atoms with van der Waals surface area (Å²) in [6, 6.07) is 6.37. The van der Waals surface area contributed by atoms with Crippen LogP contribution in [0, 0.1) is 13.8 Å². The lowest BCUT2D eigenvalue weighted by Crippen LogP contribution is -2.20. The van der Waals surface area contributed by atoms with E-state index < -0.39 is 10.0 Å². The topological polar surface area (TPSA) is 58.2 Å². The summed E-state index contributed by atoms with van der Waals surface area (Å²) < 4.78 is 26.8. The van der Waals surface area contributed by atoms with Crippen LogP contribution in [0.4, 0.5) is 5.69 Å². The van der Waals surface area contributed by atoms with E-state index >= 15 is 0 Å². The van der Waals surface area contributed by atoms with Crippen LogP contribution in [0.5, 0.6) is 0 Å². The van der Waals surface area contributed by atoms with Crippen LogP contribution in [0.15, 0.2) is 18.2 Å². The second-order valence-electron chi connectivity index (χ2n) is 5.60. The molecule has 0 saturated heterocycles. The van der Waals surface area contributed by atoms with Gasteiger partial charge in [0, 0.05) is 6.04 Å². The van der Waals surface area contributed by atoms with Gasteiger partial charge >= 0.3 is 0 Å². The minimum Gasteiger partial charge on any atom is -0.314 e. The van der Waals surface area contributed by atoms with Crippen molar-refractivity contribution in [2.45, 2.75) is 45.6 Å². The van der Waals surface area contributed by atoms with Gasteiger partial charge in [-0.2, -0.15) is 0 Å². The third-order valence-corrected chi connectivity index (χ3v) is 5.08. The van der Waals surface area contributed by atoms with E-state index in [0.29, 0.717) is 18.2 Å². The van der Waals surface area contributed by atoms with Gasteiger partial charge in [-0.05, 0) is 63.3 Å². The van der Waals surface area contributed by atoms with Gasteiger partial charge in [-0.25, -0.2) is 8.42 Å². The Kier molecular flexibility index (Phi) is 5.05. The van der Waals surface area contributed by atoms with Crippen LogP contribution in [-0.2, 0) is 10.0 Å². The molecule has 0 aliphatic heterocycles. The number of aryl methyl sites for hydroxylation is 1. The number of benzene rings is 1. The third-order valence-electron chi connectivity index (χ3n) is 3.72. The van der Waals surface area contributed by atoms with Crippen LogP contribution < -0.4 is 10.0 Å². The first kappa shape index (κ1) is 15.3. The van der Waals surface area contributed by atoms with Gasteiger partial charge < -0.3 is 5.32 Å². The molecule has 0 unspecified atom stereocenters. The Morgan fingerprint density at radius 1 is 1.20 bits per heavy atom. The standard InChI is InChI=1S/C15H24N2O2S/c1-12-6-5-7-15(13(12)2)17-20(18,19)11-4-3-10-16-14-8-9-14/h5-7,14,16-17H,3-4,8-11H2,1-2H3. The van der Waals surface area contributed by atoms with Gasteiger partial charge in [0.2, 0.25) is 10.0 Å². The number of sulfonamides is 1. The Balaban J connectivity index is 1.78. The zero-order valence-electron chi connectivity index (χ0n) is 12.3. The quantitative estimate of drug-likeness (QED) is 0.725. The van der Waals surface area contributed by atoms with E-state index in [1.54, 1.807) is 0 Å². The lowest BCUT2D eigenvalue weighted by Gasteiger charge is -2.12. The van der Waals surface area contributed by atoms with Crippen LogP contribution >= 0.6 is 0 Å². The molecule has 1 aliphatic rings. The Morgan fingerprint density at radius 2 is 1.95 bits per heavy atom. The second-order valence-corrected chi connectivity index (χ2v) is 7.45. The van der Waals surface area contributed by atoms with E-state index in [9.17, 15) is 8.42 Å². The molecule has 0 amide bonds. The van der Waals surface area contributed by atoms with Gasteiger partial charge in [0.15, 0.2) is 0 Å². The maximum atomic E-state index is 12.0. The summed E-state index contributed by atoms with van der Waals surface area (Å²) in [5.74, 6) is 0.187. The van der Waals surface area contributed by atoms with Gasteiger partial charge in [-0.3, -0.25) is 4.72 Å². The highest BCUT2D eigenvalue weighted by Crippen LogP contribution is 2.20. The molecule has 112 valence electrons. The molecule has 2 rings (SSSR count). The number of anilines is 1. The highest BCUT2D eigenvalue weighted by molar-refractivity contribution is 7.92. The average Bonchev–Trinajstić information content (AvgIpc) is 3.18. The first-order valence-corrected chi connectivity index (χ1v) is 8.93. The molecule has 5 heteroatoms. The Morgan fingerprint density at radius 3 is 2.65 bits per heavy atom. The summed E-state index contributed by atoms with van der Waals surface area (Å²) in [5, 5.41) is 3.39. The van der Waals surface area contributed by atoms with Crippen molar-refractivity contribution in [3.05, 3.63) is 29.3 Å². The fourth-order valence-electron chi connectivity index (χ4n) is 2.09. The molecule has 0 atom stereocenters. The predicted molar refractivity (Wildman–Crippen MR) is 83.6 cm³/mol. The Hall–Kier alpha value is -1.07. The summed E-state index contributed by atoms with van der Waals surface area (Å²) in [7, 11) is -3.24. The van der Waals surface area contributed by atoms with Crippen LogP contribution in [0.25, 0.3) is 0 Å². The smallest absolute Gasteiger partial charge is 0.232 e. The zero-order valence-corrected chi connectivity index (χ0v) is 13.1. The van der Waals surface area contributed by atoms with Gasteiger partial charge in [-0.1, -0.05) is 12.1 Å². The molecule has 20 heavy (non-hydrogen) atoms. The molecule has 4 nitrogen and oxygen atoms in total.